The maximum Gasteiger partial charge on any atom is 0.311 e. The van der Waals surface area contributed by atoms with Gasteiger partial charge in [0.25, 0.3) is 0 Å². The van der Waals surface area contributed by atoms with Crippen LogP contribution in [-0.2, 0) is 14.3 Å². The molecule has 0 aromatic heterocycles. The first-order valence-corrected chi connectivity index (χ1v) is 9.56. The Morgan fingerprint density at radius 2 is 1.87 bits per heavy atom. The van der Waals surface area contributed by atoms with E-state index < -0.39 is 18.0 Å². The summed E-state index contributed by atoms with van der Waals surface area (Å²) in [5.41, 5.74) is 0.314. The van der Waals surface area contributed by atoms with Crippen molar-refractivity contribution in [1.82, 2.24) is 0 Å². The number of hydrogen-bond acceptors (Lipinski definition) is 5. The standard InChI is InChI=1S/C25H23NO4/c1-5-22(17-10-9-13-19(14-17)29-18-11-7-6-8-12-18)30-24(27)23-21(25(23,2)3)15-20(16-26)28-4/h1,6-15,21-23H,2-4H3/t21-,22+,23-/m0/s1. The summed E-state index contributed by atoms with van der Waals surface area (Å²) in [6.45, 7) is 3.90. The molecule has 2 aromatic carbocycles. The fourth-order valence-electron chi connectivity index (χ4n) is 3.51. The minimum absolute atomic E-state index is 0.147. The fraction of sp³-hybridized carbons (Fsp3) is 0.280. The minimum atomic E-state index is -0.837. The van der Waals surface area contributed by atoms with Crippen LogP contribution >= 0.6 is 0 Å². The molecule has 1 aliphatic carbocycles. The lowest BCUT2D eigenvalue weighted by Gasteiger charge is -2.15. The van der Waals surface area contributed by atoms with Crippen LogP contribution in [0, 0.1) is 40.9 Å². The molecule has 0 unspecified atom stereocenters. The van der Waals surface area contributed by atoms with Gasteiger partial charge in [0.05, 0.1) is 13.0 Å². The summed E-state index contributed by atoms with van der Waals surface area (Å²) < 4.78 is 16.5. The number of hydrogen-bond donors (Lipinski definition) is 0. The number of esters is 1. The van der Waals surface area contributed by atoms with Crippen molar-refractivity contribution in [3.05, 3.63) is 72.0 Å². The third-order valence-corrected chi connectivity index (χ3v) is 5.35. The molecule has 0 N–H and O–H groups in total. The first-order valence-electron chi connectivity index (χ1n) is 9.56. The lowest BCUT2D eigenvalue weighted by atomic mass is 10.1. The molecule has 5 nitrogen and oxygen atoms in total. The number of nitrogens with zero attached hydrogens (tertiary/aromatic N) is 1. The highest BCUT2D eigenvalue weighted by atomic mass is 16.5. The van der Waals surface area contributed by atoms with E-state index in [9.17, 15) is 4.79 Å². The zero-order valence-electron chi connectivity index (χ0n) is 17.2. The topological polar surface area (TPSA) is 68.6 Å². The Hall–Kier alpha value is -3.70. The Morgan fingerprint density at radius 3 is 2.50 bits per heavy atom. The molecule has 2 aromatic rings. The van der Waals surface area contributed by atoms with Gasteiger partial charge in [-0.05, 0) is 35.8 Å². The van der Waals surface area contributed by atoms with E-state index >= 15 is 0 Å². The van der Waals surface area contributed by atoms with Crippen molar-refractivity contribution in [3.63, 3.8) is 0 Å². The maximum absolute atomic E-state index is 12.8. The minimum Gasteiger partial charge on any atom is -0.487 e. The number of allylic oxidation sites excluding steroid dienone is 2. The first kappa shape index (κ1) is 21.0. The second-order valence-corrected chi connectivity index (χ2v) is 7.64. The first-order chi connectivity index (χ1) is 14.4. The molecule has 3 atom stereocenters. The highest BCUT2D eigenvalue weighted by Crippen LogP contribution is 2.60. The lowest BCUT2D eigenvalue weighted by molar-refractivity contribution is -0.149. The highest BCUT2D eigenvalue weighted by molar-refractivity contribution is 5.79. The van der Waals surface area contributed by atoms with E-state index in [1.165, 1.54) is 7.11 Å². The number of para-hydroxylation sites is 1. The monoisotopic (exact) mass is 401 g/mol. The van der Waals surface area contributed by atoms with Gasteiger partial charge in [-0.15, -0.1) is 6.42 Å². The summed E-state index contributed by atoms with van der Waals surface area (Å²) in [4.78, 5) is 12.8. The number of terminal acetylenes is 1. The summed E-state index contributed by atoms with van der Waals surface area (Å²) in [6, 6.07) is 18.5. The zero-order valence-corrected chi connectivity index (χ0v) is 17.2. The average Bonchev–Trinajstić information content (AvgIpc) is 3.30. The van der Waals surface area contributed by atoms with Crippen molar-refractivity contribution >= 4 is 5.97 Å². The Labute approximate surface area is 176 Å². The van der Waals surface area contributed by atoms with Gasteiger partial charge in [-0.1, -0.05) is 50.1 Å². The molecule has 0 saturated heterocycles. The molecule has 0 spiro atoms. The summed E-state index contributed by atoms with van der Waals surface area (Å²) in [5, 5.41) is 9.06. The molecule has 0 bridgehead atoms. The maximum atomic E-state index is 12.8. The molecule has 0 aliphatic heterocycles. The number of carbonyl (C=O) groups excluding carboxylic acids is 1. The van der Waals surface area contributed by atoms with E-state index in [0.717, 1.165) is 0 Å². The van der Waals surface area contributed by atoms with Crippen LogP contribution in [0.1, 0.15) is 25.5 Å². The van der Waals surface area contributed by atoms with Gasteiger partial charge in [0.15, 0.2) is 11.9 Å². The van der Waals surface area contributed by atoms with Crippen LogP contribution in [0.5, 0.6) is 11.5 Å². The smallest absolute Gasteiger partial charge is 0.311 e. The number of rotatable bonds is 7. The van der Waals surface area contributed by atoms with Crippen molar-refractivity contribution in [2.45, 2.75) is 20.0 Å². The van der Waals surface area contributed by atoms with Gasteiger partial charge >= 0.3 is 5.97 Å². The van der Waals surface area contributed by atoms with Crippen LogP contribution in [0.4, 0.5) is 0 Å². The van der Waals surface area contributed by atoms with E-state index in [0.29, 0.717) is 17.1 Å². The van der Waals surface area contributed by atoms with Crippen molar-refractivity contribution in [3.8, 4) is 29.9 Å². The van der Waals surface area contributed by atoms with Crippen molar-refractivity contribution in [2.24, 2.45) is 17.3 Å². The van der Waals surface area contributed by atoms with Gasteiger partial charge in [-0.2, -0.15) is 5.26 Å². The van der Waals surface area contributed by atoms with E-state index in [1.807, 2.05) is 56.3 Å². The van der Waals surface area contributed by atoms with Gasteiger partial charge in [0.1, 0.15) is 17.6 Å². The van der Waals surface area contributed by atoms with Crippen molar-refractivity contribution < 1.29 is 19.0 Å². The molecule has 5 heteroatoms. The second-order valence-electron chi connectivity index (χ2n) is 7.64. The van der Waals surface area contributed by atoms with Crippen LogP contribution in [-0.4, -0.2) is 13.1 Å². The van der Waals surface area contributed by atoms with Gasteiger partial charge in [-0.3, -0.25) is 4.79 Å². The quantitative estimate of drug-likeness (QED) is 0.282. The Kier molecular flexibility index (Phi) is 6.14. The van der Waals surface area contributed by atoms with Gasteiger partial charge in [0, 0.05) is 11.5 Å². The van der Waals surface area contributed by atoms with E-state index in [1.54, 1.807) is 24.3 Å². The molecule has 3 rings (SSSR count). The number of methoxy groups -OCH3 is 1. The van der Waals surface area contributed by atoms with Gasteiger partial charge in [0.2, 0.25) is 0 Å². The predicted molar refractivity (Wildman–Crippen MR) is 112 cm³/mol. The Balaban J connectivity index is 1.72. The number of benzene rings is 2. The number of carbonyl (C=O) groups is 1. The van der Waals surface area contributed by atoms with Crippen LogP contribution in [0.2, 0.25) is 0 Å². The number of nitriles is 1. The van der Waals surface area contributed by atoms with Crippen LogP contribution in [0.3, 0.4) is 0 Å². The average molecular weight is 401 g/mol. The molecule has 1 fully saturated rings. The zero-order chi connectivity index (χ0) is 21.7. The summed E-state index contributed by atoms with van der Waals surface area (Å²) in [6.07, 6.45) is 6.49. The van der Waals surface area contributed by atoms with E-state index in [4.69, 9.17) is 25.9 Å². The molecule has 0 amide bonds. The Morgan fingerprint density at radius 1 is 1.17 bits per heavy atom. The SMILES string of the molecule is C#C[C@@H](OC(=O)[C@@H]1[C@H](C=C(C#N)OC)C1(C)C)c1cccc(Oc2ccccc2)c1. The normalized spacial score (nSPS) is 20.2. The molecule has 0 radical (unpaired) electrons. The van der Waals surface area contributed by atoms with Crippen LogP contribution in [0.25, 0.3) is 0 Å². The van der Waals surface area contributed by atoms with Crippen LogP contribution in [0.15, 0.2) is 66.4 Å². The summed E-state index contributed by atoms with van der Waals surface area (Å²) in [5.74, 6) is 3.08. The van der Waals surface area contributed by atoms with Crippen molar-refractivity contribution in [1.29, 1.82) is 5.26 Å². The molecule has 30 heavy (non-hydrogen) atoms. The third-order valence-electron chi connectivity index (χ3n) is 5.35. The Bertz CT molecular complexity index is 1030. The fourth-order valence-corrected chi connectivity index (χ4v) is 3.51. The molecule has 1 saturated carbocycles. The van der Waals surface area contributed by atoms with Crippen molar-refractivity contribution in [2.75, 3.05) is 7.11 Å². The summed E-state index contributed by atoms with van der Waals surface area (Å²) in [7, 11) is 1.43. The highest BCUT2D eigenvalue weighted by Gasteiger charge is 2.62. The van der Waals surface area contributed by atoms with Crippen LogP contribution < -0.4 is 4.74 Å². The van der Waals surface area contributed by atoms with Gasteiger partial charge in [-0.25, -0.2) is 0 Å². The van der Waals surface area contributed by atoms with E-state index in [-0.39, 0.29) is 17.1 Å². The largest absolute Gasteiger partial charge is 0.487 e. The molecule has 1 aliphatic rings. The number of ether oxygens (including phenoxy) is 3. The molecule has 152 valence electrons. The molecule has 0 heterocycles. The second kappa shape index (κ2) is 8.76. The third kappa shape index (κ3) is 4.47. The lowest BCUT2D eigenvalue weighted by Crippen LogP contribution is -2.14. The molecular formula is C25H23NO4. The predicted octanol–water partition coefficient (Wildman–Crippen LogP) is 5.02. The molecular weight excluding hydrogens is 378 g/mol. The van der Waals surface area contributed by atoms with Gasteiger partial charge < -0.3 is 14.2 Å². The summed E-state index contributed by atoms with van der Waals surface area (Å²) >= 11 is 0. The van der Waals surface area contributed by atoms with E-state index in [2.05, 4.69) is 5.92 Å².